The molecule has 0 saturated carbocycles. The molecular formula is C19H26ClN5O. The van der Waals surface area contributed by atoms with Crippen molar-refractivity contribution in [3.8, 4) is 0 Å². The van der Waals surface area contributed by atoms with Crippen LogP contribution in [0.2, 0.25) is 0 Å². The monoisotopic (exact) mass is 375 g/mol. The normalized spacial score (nSPS) is 17.5. The van der Waals surface area contributed by atoms with Crippen LogP contribution in [0.25, 0.3) is 0 Å². The van der Waals surface area contributed by atoms with Crippen LogP contribution < -0.4 is 5.32 Å². The van der Waals surface area contributed by atoms with Crippen molar-refractivity contribution in [3.05, 3.63) is 52.8 Å². The molecule has 2 aliphatic rings. The van der Waals surface area contributed by atoms with E-state index in [0.717, 1.165) is 69.9 Å². The molecule has 2 aliphatic heterocycles. The molecule has 1 saturated heterocycles. The molecule has 0 bridgehead atoms. The van der Waals surface area contributed by atoms with Crippen molar-refractivity contribution in [2.24, 2.45) is 0 Å². The third-order valence-electron chi connectivity index (χ3n) is 5.23. The van der Waals surface area contributed by atoms with Crippen LogP contribution in [0.5, 0.6) is 0 Å². The van der Waals surface area contributed by atoms with Crippen molar-refractivity contribution in [2.45, 2.75) is 19.4 Å². The number of aromatic nitrogens is 2. The maximum absolute atomic E-state index is 12.8. The number of carbonyl (C=O) groups excluding carboxylic acids is 1. The van der Waals surface area contributed by atoms with Gasteiger partial charge in [0.1, 0.15) is 0 Å². The van der Waals surface area contributed by atoms with E-state index >= 15 is 0 Å². The Kier molecular flexibility index (Phi) is 6.29. The van der Waals surface area contributed by atoms with Crippen LogP contribution in [0, 0.1) is 0 Å². The van der Waals surface area contributed by atoms with Gasteiger partial charge in [-0.2, -0.15) is 5.10 Å². The Morgan fingerprint density at radius 1 is 1.12 bits per heavy atom. The van der Waals surface area contributed by atoms with Gasteiger partial charge in [0.25, 0.3) is 5.91 Å². The Labute approximate surface area is 160 Å². The number of nitrogens with one attached hydrogen (secondary N) is 2. The van der Waals surface area contributed by atoms with Gasteiger partial charge < -0.3 is 10.2 Å². The van der Waals surface area contributed by atoms with Crippen molar-refractivity contribution in [1.29, 1.82) is 0 Å². The van der Waals surface area contributed by atoms with E-state index in [1.54, 1.807) is 0 Å². The molecule has 140 valence electrons. The van der Waals surface area contributed by atoms with Crippen molar-refractivity contribution >= 4 is 18.3 Å². The molecule has 2 aromatic rings. The molecule has 0 aliphatic carbocycles. The number of benzene rings is 1. The first-order valence-electron chi connectivity index (χ1n) is 9.13. The molecule has 4 rings (SSSR count). The number of halogens is 1. The number of fused-ring (bicyclic) bond motifs is 1. The topological polar surface area (TPSA) is 64.3 Å². The number of H-pyrrole nitrogens is 1. The lowest BCUT2D eigenvalue weighted by atomic mass is 10.1. The molecule has 0 spiro atoms. The van der Waals surface area contributed by atoms with E-state index in [2.05, 4.69) is 50.7 Å². The van der Waals surface area contributed by atoms with Crippen LogP contribution in [0.3, 0.4) is 0 Å². The largest absolute Gasteiger partial charge is 0.335 e. The Balaban J connectivity index is 0.00000196. The number of rotatable bonds is 4. The van der Waals surface area contributed by atoms with E-state index in [1.807, 2.05) is 4.90 Å². The van der Waals surface area contributed by atoms with Crippen molar-refractivity contribution < 1.29 is 4.79 Å². The van der Waals surface area contributed by atoms with Gasteiger partial charge in [0.05, 0.1) is 0 Å². The Bertz CT molecular complexity index is 725. The fourth-order valence-corrected chi connectivity index (χ4v) is 3.66. The number of nitrogens with zero attached hydrogens (tertiary/aromatic N) is 3. The number of aromatic amines is 1. The minimum absolute atomic E-state index is 0. The Morgan fingerprint density at radius 2 is 1.88 bits per heavy atom. The zero-order chi connectivity index (χ0) is 17.1. The maximum atomic E-state index is 12.8. The van der Waals surface area contributed by atoms with Crippen LogP contribution >= 0.6 is 12.4 Å². The highest BCUT2D eigenvalue weighted by molar-refractivity contribution is 5.94. The van der Waals surface area contributed by atoms with Gasteiger partial charge in [-0.1, -0.05) is 30.3 Å². The summed E-state index contributed by atoms with van der Waals surface area (Å²) in [7, 11) is 0. The number of carbonyl (C=O) groups is 1. The lowest BCUT2D eigenvalue weighted by Gasteiger charge is -2.34. The van der Waals surface area contributed by atoms with Crippen LogP contribution in [0.4, 0.5) is 0 Å². The Hall–Kier alpha value is -1.89. The SMILES string of the molecule is Cl.O=C(c1n[nH]c2c1CNCC2)N1CCN(CCc2ccccc2)CC1. The van der Waals surface area contributed by atoms with Gasteiger partial charge in [0.15, 0.2) is 5.69 Å². The lowest BCUT2D eigenvalue weighted by molar-refractivity contribution is 0.0631. The van der Waals surface area contributed by atoms with Gasteiger partial charge in [-0.3, -0.25) is 14.8 Å². The fraction of sp³-hybridized carbons (Fsp3) is 0.474. The summed E-state index contributed by atoms with van der Waals surface area (Å²) in [5.74, 6) is 0.0731. The maximum Gasteiger partial charge on any atom is 0.274 e. The second kappa shape index (κ2) is 8.66. The van der Waals surface area contributed by atoms with Crippen LogP contribution in [0.15, 0.2) is 30.3 Å². The molecule has 26 heavy (non-hydrogen) atoms. The number of piperazine rings is 1. The van der Waals surface area contributed by atoms with E-state index in [-0.39, 0.29) is 18.3 Å². The van der Waals surface area contributed by atoms with Crippen molar-refractivity contribution in [2.75, 3.05) is 39.3 Å². The van der Waals surface area contributed by atoms with Crippen molar-refractivity contribution in [3.63, 3.8) is 0 Å². The van der Waals surface area contributed by atoms with Crippen molar-refractivity contribution in [1.82, 2.24) is 25.3 Å². The van der Waals surface area contributed by atoms with Gasteiger partial charge in [-0.25, -0.2) is 0 Å². The second-order valence-corrected chi connectivity index (χ2v) is 6.83. The summed E-state index contributed by atoms with van der Waals surface area (Å²) in [4.78, 5) is 17.2. The van der Waals surface area contributed by atoms with Crippen LogP contribution in [-0.4, -0.2) is 65.2 Å². The van der Waals surface area contributed by atoms with Gasteiger partial charge in [0.2, 0.25) is 0 Å². The molecule has 1 aromatic carbocycles. The average Bonchev–Trinajstić information content (AvgIpc) is 3.11. The van der Waals surface area contributed by atoms with E-state index in [4.69, 9.17) is 0 Å². The second-order valence-electron chi connectivity index (χ2n) is 6.83. The van der Waals surface area contributed by atoms with Gasteiger partial charge in [-0.05, 0) is 12.0 Å². The third-order valence-corrected chi connectivity index (χ3v) is 5.23. The summed E-state index contributed by atoms with van der Waals surface area (Å²) < 4.78 is 0. The summed E-state index contributed by atoms with van der Waals surface area (Å²) in [6, 6.07) is 10.6. The first-order chi connectivity index (χ1) is 12.3. The predicted molar refractivity (Wildman–Crippen MR) is 104 cm³/mol. The summed E-state index contributed by atoms with van der Waals surface area (Å²) in [5, 5.41) is 10.7. The first-order valence-corrected chi connectivity index (χ1v) is 9.13. The smallest absolute Gasteiger partial charge is 0.274 e. The average molecular weight is 376 g/mol. The molecule has 0 atom stereocenters. The minimum atomic E-state index is 0. The number of hydrogen-bond donors (Lipinski definition) is 2. The highest BCUT2D eigenvalue weighted by Gasteiger charge is 2.27. The van der Waals surface area contributed by atoms with E-state index in [1.165, 1.54) is 5.56 Å². The predicted octanol–water partition coefficient (Wildman–Crippen LogP) is 1.48. The summed E-state index contributed by atoms with van der Waals surface area (Å²) in [6.45, 7) is 6.17. The van der Waals surface area contributed by atoms with E-state index in [9.17, 15) is 4.79 Å². The molecule has 0 unspecified atom stereocenters. The highest BCUT2D eigenvalue weighted by atomic mass is 35.5. The molecule has 1 aromatic heterocycles. The molecule has 2 N–H and O–H groups in total. The van der Waals surface area contributed by atoms with Gasteiger partial charge in [0, 0.05) is 63.5 Å². The molecule has 6 nitrogen and oxygen atoms in total. The molecule has 3 heterocycles. The zero-order valence-electron chi connectivity index (χ0n) is 14.9. The van der Waals surface area contributed by atoms with Crippen LogP contribution in [-0.2, 0) is 19.4 Å². The highest BCUT2D eigenvalue weighted by Crippen LogP contribution is 2.18. The molecule has 0 radical (unpaired) electrons. The minimum Gasteiger partial charge on any atom is -0.335 e. The molecule has 1 amide bonds. The molecular weight excluding hydrogens is 350 g/mol. The Morgan fingerprint density at radius 3 is 2.65 bits per heavy atom. The number of hydrogen-bond acceptors (Lipinski definition) is 4. The summed E-state index contributed by atoms with van der Waals surface area (Å²) >= 11 is 0. The first kappa shape index (κ1) is 18.9. The zero-order valence-corrected chi connectivity index (χ0v) is 15.7. The quantitative estimate of drug-likeness (QED) is 0.849. The van der Waals surface area contributed by atoms with Gasteiger partial charge >= 0.3 is 0 Å². The van der Waals surface area contributed by atoms with E-state index < -0.39 is 0 Å². The number of amides is 1. The van der Waals surface area contributed by atoms with E-state index in [0.29, 0.717) is 5.69 Å². The summed E-state index contributed by atoms with van der Waals surface area (Å²) in [6.07, 6.45) is 1.98. The van der Waals surface area contributed by atoms with Crippen LogP contribution in [0.1, 0.15) is 27.3 Å². The lowest BCUT2D eigenvalue weighted by Crippen LogP contribution is -2.49. The molecule has 1 fully saturated rings. The summed E-state index contributed by atoms with van der Waals surface area (Å²) in [5.41, 5.74) is 4.16. The molecule has 7 heteroatoms. The van der Waals surface area contributed by atoms with Gasteiger partial charge in [-0.15, -0.1) is 12.4 Å². The fourth-order valence-electron chi connectivity index (χ4n) is 3.66. The third kappa shape index (κ3) is 4.09. The standard InChI is InChI=1S/C19H25N5O.ClH/c25-19(18-16-14-20-8-6-17(16)21-22-18)24-12-10-23(11-13-24)9-7-15-4-2-1-3-5-15;/h1-5,20H,6-14H2,(H,21,22);1H.